The molecule has 0 radical (unpaired) electrons. The lowest BCUT2D eigenvalue weighted by Crippen LogP contribution is -2.67. The number of likely N-dealkylation sites (tertiary alicyclic amines) is 1. The maximum atomic E-state index is 6.27. The SMILES string of the molecule is Nc1ncnc2c1ncn2C1CCC(CN2CC3(CCCN3)C2)O1. The van der Waals surface area contributed by atoms with E-state index in [1.807, 2.05) is 4.57 Å². The minimum Gasteiger partial charge on any atom is -0.382 e. The van der Waals surface area contributed by atoms with Crippen LogP contribution in [0.1, 0.15) is 31.9 Å². The fourth-order valence-electron chi connectivity index (χ4n) is 4.47. The number of aromatic nitrogens is 4. The Morgan fingerprint density at radius 3 is 3.04 bits per heavy atom. The van der Waals surface area contributed by atoms with Crippen LogP contribution in [0.2, 0.25) is 0 Å². The van der Waals surface area contributed by atoms with Crippen molar-refractivity contribution in [2.45, 2.75) is 43.6 Å². The number of fused-ring (bicyclic) bond motifs is 1. The smallest absolute Gasteiger partial charge is 0.167 e. The number of nitrogens with two attached hydrogens (primary N) is 1. The van der Waals surface area contributed by atoms with Crippen molar-refractivity contribution in [2.75, 3.05) is 31.9 Å². The summed E-state index contributed by atoms with van der Waals surface area (Å²) < 4.78 is 8.26. The highest BCUT2D eigenvalue weighted by Gasteiger charge is 2.45. The first-order chi connectivity index (χ1) is 11.7. The van der Waals surface area contributed by atoms with E-state index in [1.165, 1.54) is 25.7 Å². The van der Waals surface area contributed by atoms with Gasteiger partial charge < -0.3 is 15.8 Å². The van der Waals surface area contributed by atoms with Gasteiger partial charge in [-0.15, -0.1) is 0 Å². The second-order valence-electron chi connectivity index (χ2n) is 7.35. The van der Waals surface area contributed by atoms with Gasteiger partial charge in [-0.3, -0.25) is 9.47 Å². The second-order valence-corrected chi connectivity index (χ2v) is 7.35. The second kappa shape index (κ2) is 5.37. The van der Waals surface area contributed by atoms with Gasteiger partial charge in [0.1, 0.15) is 18.1 Å². The van der Waals surface area contributed by atoms with Crippen LogP contribution in [0.15, 0.2) is 12.7 Å². The van der Waals surface area contributed by atoms with Gasteiger partial charge in [0.2, 0.25) is 0 Å². The van der Waals surface area contributed by atoms with E-state index in [0.29, 0.717) is 16.9 Å². The molecule has 0 amide bonds. The predicted octanol–water partition coefficient (Wildman–Crippen LogP) is 0.524. The molecule has 2 unspecified atom stereocenters. The first-order valence-electron chi connectivity index (χ1n) is 8.78. The van der Waals surface area contributed by atoms with Crippen LogP contribution in [0, 0.1) is 0 Å². The third-order valence-electron chi connectivity index (χ3n) is 5.63. The van der Waals surface area contributed by atoms with Gasteiger partial charge in [0.05, 0.1) is 12.4 Å². The van der Waals surface area contributed by atoms with Crippen LogP contribution in [-0.2, 0) is 4.74 Å². The molecule has 3 saturated heterocycles. The molecule has 128 valence electrons. The quantitative estimate of drug-likeness (QED) is 0.848. The van der Waals surface area contributed by atoms with Crippen molar-refractivity contribution in [1.29, 1.82) is 0 Å². The standard InChI is InChI=1S/C16H23N7O/c17-14-13-15(19-9-18-14)23(10-20-13)12-3-2-11(24-12)6-22-7-16(8-22)4-1-5-21-16/h9-12,21H,1-8H2,(H2,17,18,19). The van der Waals surface area contributed by atoms with Crippen LogP contribution >= 0.6 is 0 Å². The van der Waals surface area contributed by atoms with Crippen molar-refractivity contribution in [2.24, 2.45) is 0 Å². The topological polar surface area (TPSA) is 94.1 Å². The molecule has 3 aliphatic rings. The van der Waals surface area contributed by atoms with Crippen LogP contribution in [0.25, 0.3) is 11.2 Å². The van der Waals surface area contributed by atoms with Crippen molar-refractivity contribution in [3.63, 3.8) is 0 Å². The number of rotatable bonds is 3. The number of nitrogens with zero attached hydrogens (tertiary/aromatic N) is 5. The molecule has 5 heterocycles. The molecule has 0 saturated carbocycles. The number of nitrogens with one attached hydrogen (secondary N) is 1. The van der Waals surface area contributed by atoms with Gasteiger partial charge >= 0.3 is 0 Å². The largest absolute Gasteiger partial charge is 0.382 e. The molecule has 2 aromatic rings. The van der Waals surface area contributed by atoms with Gasteiger partial charge in [-0.1, -0.05) is 0 Å². The molecule has 8 nitrogen and oxygen atoms in total. The van der Waals surface area contributed by atoms with Crippen LogP contribution in [0.4, 0.5) is 5.82 Å². The summed E-state index contributed by atoms with van der Waals surface area (Å²) in [5.74, 6) is 0.420. The highest BCUT2D eigenvalue weighted by molar-refractivity contribution is 5.81. The average Bonchev–Trinajstić information content (AvgIpc) is 3.25. The molecule has 1 spiro atoms. The van der Waals surface area contributed by atoms with Crippen molar-refractivity contribution < 1.29 is 4.74 Å². The summed E-state index contributed by atoms with van der Waals surface area (Å²) in [6.07, 6.45) is 8.22. The van der Waals surface area contributed by atoms with Gasteiger partial charge in [-0.2, -0.15) is 0 Å². The van der Waals surface area contributed by atoms with E-state index < -0.39 is 0 Å². The van der Waals surface area contributed by atoms with E-state index in [1.54, 1.807) is 6.33 Å². The molecule has 5 rings (SSSR count). The summed E-state index contributed by atoms with van der Waals surface area (Å²) in [6.45, 7) is 4.52. The van der Waals surface area contributed by atoms with Crippen molar-refractivity contribution in [3.05, 3.63) is 12.7 Å². The predicted molar refractivity (Wildman–Crippen MR) is 89.3 cm³/mol. The first kappa shape index (κ1) is 14.6. The molecule has 2 aromatic heterocycles. The van der Waals surface area contributed by atoms with E-state index in [0.717, 1.165) is 38.1 Å². The van der Waals surface area contributed by atoms with Crippen LogP contribution in [-0.4, -0.2) is 62.2 Å². The Morgan fingerprint density at radius 1 is 1.29 bits per heavy atom. The Balaban J connectivity index is 1.23. The average molecular weight is 329 g/mol. The van der Waals surface area contributed by atoms with Crippen LogP contribution in [0.5, 0.6) is 0 Å². The van der Waals surface area contributed by atoms with Crippen molar-refractivity contribution >= 4 is 17.0 Å². The summed E-state index contributed by atoms with van der Waals surface area (Å²) in [5.41, 5.74) is 7.68. The third kappa shape index (κ3) is 2.28. The van der Waals surface area contributed by atoms with Gasteiger partial charge in [0.25, 0.3) is 0 Å². The van der Waals surface area contributed by atoms with E-state index in [-0.39, 0.29) is 12.3 Å². The number of nitrogen functional groups attached to an aromatic ring is 1. The molecule has 3 fully saturated rings. The highest BCUT2D eigenvalue weighted by atomic mass is 16.5. The molecular weight excluding hydrogens is 306 g/mol. The Kier molecular flexibility index (Phi) is 3.26. The molecule has 3 aliphatic heterocycles. The van der Waals surface area contributed by atoms with E-state index in [9.17, 15) is 0 Å². The fourth-order valence-corrected chi connectivity index (χ4v) is 4.47. The normalized spacial score (nSPS) is 29.5. The molecule has 8 heteroatoms. The van der Waals surface area contributed by atoms with Crippen molar-refractivity contribution in [1.82, 2.24) is 29.7 Å². The Labute approximate surface area is 140 Å². The number of hydrogen-bond donors (Lipinski definition) is 2. The fraction of sp³-hybridized carbons (Fsp3) is 0.688. The Hall–Kier alpha value is -1.77. The first-order valence-corrected chi connectivity index (χ1v) is 8.78. The maximum Gasteiger partial charge on any atom is 0.167 e. The third-order valence-corrected chi connectivity index (χ3v) is 5.63. The molecule has 0 bridgehead atoms. The molecular formula is C16H23N7O. The van der Waals surface area contributed by atoms with Gasteiger partial charge in [-0.05, 0) is 32.2 Å². The summed E-state index contributed by atoms with van der Waals surface area (Å²) in [5, 5.41) is 3.66. The lowest BCUT2D eigenvalue weighted by atomic mass is 9.88. The minimum atomic E-state index is -0.00542. The molecule has 2 atom stereocenters. The maximum absolute atomic E-state index is 6.27. The summed E-state index contributed by atoms with van der Waals surface area (Å²) in [6, 6.07) is 0. The zero-order valence-corrected chi connectivity index (χ0v) is 13.7. The van der Waals surface area contributed by atoms with Gasteiger partial charge in [-0.25, -0.2) is 15.0 Å². The van der Waals surface area contributed by atoms with Gasteiger partial charge in [0, 0.05) is 25.2 Å². The summed E-state index contributed by atoms with van der Waals surface area (Å²) >= 11 is 0. The number of ether oxygens (including phenoxy) is 1. The summed E-state index contributed by atoms with van der Waals surface area (Å²) in [7, 11) is 0. The molecule has 0 aromatic carbocycles. The number of hydrogen-bond acceptors (Lipinski definition) is 7. The minimum absolute atomic E-state index is 0.00542. The number of anilines is 1. The molecule has 24 heavy (non-hydrogen) atoms. The monoisotopic (exact) mass is 329 g/mol. The highest BCUT2D eigenvalue weighted by Crippen LogP contribution is 2.34. The number of imidazole rings is 1. The van der Waals surface area contributed by atoms with Gasteiger partial charge in [0.15, 0.2) is 11.5 Å². The summed E-state index contributed by atoms with van der Waals surface area (Å²) in [4.78, 5) is 15.2. The van der Waals surface area contributed by atoms with Crippen LogP contribution < -0.4 is 11.1 Å². The zero-order chi connectivity index (χ0) is 16.1. The zero-order valence-electron chi connectivity index (χ0n) is 13.7. The lowest BCUT2D eigenvalue weighted by Gasteiger charge is -2.49. The van der Waals surface area contributed by atoms with E-state index >= 15 is 0 Å². The van der Waals surface area contributed by atoms with Crippen molar-refractivity contribution in [3.8, 4) is 0 Å². The Morgan fingerprint density at radius 2 is 2.21 bits per heavy atom. The Bertz CT molecular complexity index is 746. The van der Waals surface area contributed by atoms with Crippen LogP contribution in [0.3, 0.4) is 0 Å². The van der Waals surface area contributed by atoms with E-state index in [4.69, 9.17) is 10.5 Å². The van der Waals surface area contributed by atoms with E-state index in [2.05, 4.69) is 25.2 Å². The molecule has 0 aliphatic carbocycles. The lowest BCUT2D eigenvalue weighted by molar-refractivity contribution is -0.0390. The molecule has 3 N–H and O–H groups in total.